The third kappa shape index (κ3) is 4.43. The number of pyridine rings is 1. The second-order valence-corrected chi connectivity index (χ2v) is 8.97. The van der Waals surface area contributed by atoms with Crippen LogP contribution in [0, 0.1) is 13.8 Å². The Balaban J connectivity index is 1.71. The van der Waals surface area contributed by atoms with E-state index < -0.39 is 0 Å². The van der Waals surface area contributed by atoms with Crippen molar-refractivity contribution < 1.29 is 4.79 Å². The molecule has 0 fully saturated rings. The molecule has 0 saturated heterocycles. The number of amides is 1. The summed E-state index contributed by atoms with van der Waals surface area (Å²) in [6.45, 7) is 6.04. The van der Waals surface area contributed by atoms with Crippen molar-refractivity contribution >= 4 is 23.4 Å². The van der Waals surface area contributed by atoms with E-state index in [2.05, 4.69) is 47.2 Å². The molecule has 1 unspecified atom stereocenters. The van der Waals surface area contributed by atoms with Crippen LogP contribution in [-0.4, -0.2) is 38.0 Å². The molecule has 0 saturated carbocycles. The van der Waals surface area contributed by atoms with Crippen LogP contribution in [-0.2, 0) is 4.79 Å². The molecule has 162 valence electrons. The maximum atomic E-state index is 13.1. The van der Waals surface area contributed by atoms with Crippen LogP contribution >= 0.6 is 11.8 Å². The largest absolute Gasteiger partial charge is 0.315 e. The lowest BCUT2D eigenvalue weighted by molar-refractivity contribution is -0.117. The van der Waals surface area contributed by atoms with Crippen LogP contribution in [0.5, 0.6) is 0 Å². The van der Waals surface area contributed by atoms with Gasteiger partial charge in [-0.05, 0) is 56.7 Å². The summed E-state index contributed by atoms with van der Waals surface area (Å²) in [5.74, 6) is 0.697. The van der Waals surface area contributed by atoms with Crippen LogP contribution < -0.4 is 4.90 Å². The summed E-state index contributed by atoms with van der Waals surface area (Å²) in [6.07, 6.45) is 3.51. The number of para-hydroxylation sites is 1. The Kier molecular flexibility index (Phi) is 6.37. The number of hydrogen-bond donors (Lipinski definition) is 0. The van der Waals surface area contributed by atoms with Crippen molar-refractivity contribution in [2.24, 2.45) is 0 Å². The molecule has 0 radical (unpaired) electrons. The topological polar surface area (TPSA) is 63.9 Å². The maximum absolute atomic E-state index is 13.1. The number of benzene rings is 2. The normalized spacial score (nSPS) is 11.9. The zero-order valence-electron chi connectivity index (χ0n) is 18.6. The minimum atomic E-state index is -0.351. The maximum Gasteiger partial charge on any atom is 0.240 e. The fourth-order valence-electron chi connectivity index (χ4n) is 3.56. The summed E-state index contributed by atoms with van der Waals surface area (Å²) in [5, 5.41) is 9.25. The van der Waals surface area contributed by atoms with E-state index in [0.717, 1.165) is 22.5 Å². The summed E-state index contributed by atoms with van der Waals surface area (Å²) >= 11 is 1.40. The highest BCUT2D eigenvalue weighted by Gasteiger charge is 2.25. The van der Waals surface area contributed by atoms with Crippen molar-refractivity contribution in [2.75, 3.05) is 11.9 Å². The molecule has 0 bridgehead atoms. The molecular weight excluding hydrogens is 418 g/mol. The van der Waals surface area contributed by atoms with E-state index in [1.807, 2.05) is 54.0 Å². The third-order valence-electron chi connectivity index (χ3n) is 5.25. The smallest absolute Gasteiger partial charge is 0.240 e. The van der Waals surface area contributed by atoms with Gasteiger partial charge in [-0.15, -0.1) is 10.2 Å². The molecule has 1 amide bonds. The quantitative estimate of drug-likeness (QED) is 0.389. The molecule has 6 nitrogen and oxygen atoms in total. The first kappa shape index (κ1) is 21.8. The summed E-state index contributed by atoms with van der Waals surface area (Å²) in [6, 6.07) is 19.8. The zero-order valence-corrected chi connectivity index (χ0v) is 19.4. The Hall–Kier alpha value is -3.45. The number of thioether (sulfide) groups is 1. The summed E-state index contributed by atoms with van der Waals surface area (Å²) in [5.41, 5.74) is 5.00. The number of hydrogen-bond acceptors (Lipinski definition) is 5. The summed E-state index contributed by atoms with van der Waals surface area (Å²) in [4.78, 5) is 19.0. The number of nitrogens with zero attached hydrogens (tertiary/aromatic N) is 5. The molecular formula is C25H25N5OS. The fourth-order valence-corrected chi connectivity index (χ4v) is 4.52. The first-order valence-electron chi connectivity index (χ1n) is 10.4. The molecule has 0 N–H and O–H groups in total. The summed E-state index contributed by atoms with van der Waals surface area (Å²) < 4.78 is 2.02. The van der Waals surface area contributed by atoms with Crippen molar-refractivity contribution in [3.05, 3.63) is 84.2 Å². The van der Waals surface area contributed by atoms with Crippen molar-refractivity contribution in [3.63, 3.8) is 0 Å². The van der Waals surface area contributed by atoms with Crippen LogP contribution in [0.25, 0.3) is 17.1 Å². The monoisotopic (exact) mass is 443 g/mol. The van der Waals surface area contributed by atoms with Gasteiger partial charge in [0.2, 0.25) is 5.91 Å². The molecule has 0 aliphatic rings. The Morgan fingerprint density at radius 3 is 2.50 bits per heavy atom. The fraction of sp³-hybridized carbons (Fsp3) is 0.200. The van der Waals surface area contributed by atoms with Gasteiger partial charge in [-0.1, -0.05) is 47.7 Å². The molecule has 0 spiro atoms. The molecule has 2 aromatic heterocycles. The van der Waals surface area contributed by atoms with E-state index in [1.165, 1.54) is 17.3 Å². The van der Waals surface area contributed by atoms with Gasteiger partial charge in [-0.25, -0.2) is 0 Å². The van der Waals surface area contributed by atoms with Gasteiger partial charge in [0.25, 0.3) is 0 Å². The standard InChI is InChI=1S/C25H25N5OS/c1-17-12-13-22(18(2)15-17)30-23(20-9-8-14-26-16-20)27-28-25(30)32-19(3)24(31)29(4)21-10-6-5-7-11-21/h5-16,19H,1-4H3. The number of carbonyl (C=O) groups is 1. The van der Waals surface area contributed by atoms with Crippen LogP contribution in [0.1, 0.15) is 18.1 Å². The van der Waals surface area contributed by atoms with Crippen LogP contribution in [0.15, 0.2) is 78.2 Å². The lowest BCUT2D eigenvalue weighted by Crippen LogP contribution is -2.33. The van der Waals surface area contributed by atoms with Crippen molar-refractivity contribution in [2.45, 2.75) is 31.2 Å². The Morgan fingerprint density at radius 2 is 1.81 bits per heavy atom. The minimum absolute atomic E-state index is 0.000643. The van der Waals surface area contributed by atoms with Gasteiger partial charge in [0.1, 0.15) is 0 Å². The van der Waals surface area contributed by atoms with Crippen LogP contribution in [0.3, 0.4) is 0 Å². The van der Waals surface area contributed by atoms with Gasteiger partial charge >= 0.3 is 0 Å². The Labute approximate surface area is 192 Å². The van der Waals surface area contributed by atoms with Crippen molar-refractivity contribution in [3.8, 4) is 17.1 Å². The highest BCUT2D eigenvalue weighted by molar-refractivity contribution is 8.00. The van der Waals surface area contributed by atoms with Crippen LogP contribution in [0.4, 0.5) is 5.69 Å². The van der Waals surface area contributed by atoms with E-state index >= 15 is 0 Å². The first-order valence-corrected chi connectivity index (χ1v) is 11.3. The first-order chi connectivity index (χ1) is 15.5. The number of rotatable bonds is 6. The average molecular weight is 444 g/mol. The minimum Gasteiger partial charge on any atom is -0.315 e. The highest BCUT2D eigenvalue weighted by Crippen LogP contribution is 2.32. The second-order valence-electron chi connectivity index (χ2n) is 7.67. The molecule has 1 atom stereocenters. The van der Waals surface area contributed by atoms with Gasteiger partial charge in [-0.2, -0.15) is 0 Å². The van der Waals surface area contributed by atoms with Gasteiger partial charge < -0.3 is 4.90 Å². The van der Waals surface area contributed by atoms with Gasteiger partial charge in [0, 0.05) is 30.7 Å². The Bertz CT molecular complexity index is 1220. The van der Waals surface area contributed by atoms with E-state index in [-0.39, 0.29) is 11.2 Å². The molecule has 2 heterocycles. The summed E-state index contributed by atoms with van der Waals surface area (Å²) in [7, 11) is 1.80. The predicted octanol–water partition coefficient (Wildman–Crippen LogP) is 5.09. The molecule has 0 aliphatic carbocycles. The number of aryl methyl sites for hydroxylation is 2. The Morgan fingerprint density at radius 1 is 1.03 bits per heavy atom. The lowest BCUT2D eigenvalue weighted by Gasteiger charge is -2.21. The average Bonchev–Trinajstić information content (AvgIpc) is 3.22. The number of anilines is 1. The predicted molar refractivity (Wildman–Crippen MR) is 129 cm³/mol. The SMILES string of the molecule is Cc1ccc(-n2c(SC(C)C(=O)N(C)c3ccccc3)nnc2-c2cccnc2)c(C)c1. The van der Waals surface area contributed by atoms with Crippen molar-refractivity contribution in [1.82, 2.24) is 19.7 Å². The van der Waals surface area contributed by atoms with Gasteiger partial charge in [-0.3, -0.25) is 14.3 Å². The van der Waals surface area contributed by atoms with Crippen molar-refractivity contribution in [1.29, 1.82) is 0 Å². The van der Waals surface area contributed by atoms with E-state index in [0.29, 0.717) is 11.0 Å². The van der Waals surface area contributed by atoms with Gasteiger partial charge in [0.05, 0.1) is 10.9 Å². The molecule has 4 aromatic rings. The zero-order chi connectivity index (χ0) is 22.7. The highest BCUT2D eigenvalue weighted by atomic mass is 32.2. The lowest BCUT2D eigenvalue weighted by atomic mass is 10.1. The van der Waals surface area contributed by atoms with E-state index in [1.54, 1.807) is 24.3 Å². The molecule has 2 aromatic carbocycles. The molecule has 7 heteroatoms. The van der Waals surface area contributed by atoms with Gasteiger partial charge in [0.15, 0.2) is 11.0 Å². The second kappa shape index (κ2) is 9.36. The molecule has 32 heavy (non-hydrogen) atoms. The molecule has 4 rings (SSSR count). The van der Waals surface area contributed by atoms with Crippen LogP contribution in [0.2, 0.25) is 0 Å². The van der Waals surface area contributed by atoms with E-state index in [9.17, 15) is 4.79 Å². The van der Waals surface area contributed by atoms with E-state index in [4.69, 9.17) is 0 Å². The molecule has 0 aliphatic heterocycles. The number of aromatic nitrogens is 4. The third-order valence-corrected chi connectivity index (χ3v) is 6.28. The number of carbonyl (C=O) groups excluding carboxylic acids is 1.